The van der Waals surface area contributed by atoms with Crippen LogP contribution >= 0.6 is 27.3 Å². The van der Waals surface area contributed by atoms with Crippen LogP contribution in [-0.2, 0) is 6.54 Å². The number of hydrogen-bond acceptors (Lipinski definition) is 3. The molecule has 21 heavy (non-hydrogen) atoms. The van der Waals surface area contributed by atoms with Crippen LogP contribution in [0, 0.1) is 11.3 Å². The second-order valence-electron chi connectivity index (χ2n) is 7.14. The Bertz CT molecular complexity index is 424. The van der Waals surface area contributed by atoms with Gasteiger partial charge in [-0.25, -0.2) is 0 Å². The van der Waals surface area contributed by atoms with E-state index in [2.05, 4.69) is 58.5 Å². The minimum atomic E-state index is 0.498. The van der Waals surface area contributed by atoms with E-state index in [-0.39, 0.29) is 0 Å². The van der Waals surface area contributed by atoms with Crippen LogP contribution in [0.5, 0.6) is 0 Å². The third-order valence-corrected chi connectivity index (χ3v) is 6.05. The third-order valence-electron chi connectivity index (χ3n) is 4.37. The zero-order valence-corrected chi connectivity index (χ0v) is 16.0. The van der Waals surface area contributed by atoms with E-state index in [1.807, 2.05) is 11.3 Å². The summed E-state index contributed by atoms with van der Waals surface area (Å²) in [6, 6.07) is 2.25. The molecule has 120 valence electrons. The van der Waals surface area contributed by atoms with Crippen molar-refractivity contribution in [2.45, 2.75) is 46.1 Å². The van der Waals surface area contributed by atoms with Gasteiger partial charge in [0, 0.05) is 34.4 Å². The fourth-order valence-electron chi connectivity index (χ4n) is 3.47. The molecule has 0 unspecified atom stereocenters. The maximum atomic E-state index is 3.71. The van der Waals surface area contributed by atoms with Crippen molar-refractivity contribution in [3.63, 3.8) is 0 Å². The van der Waals surface area contributed by atoms with Crippen LogP contribution in [0.3, 0.4) is 0 Å². The smallest absolute Gasteiger partial charge is 0.0325 e. The summed E-state index contributed by atoms with van der Waals surface area (Å²) >= 11 is 5.40. The van der Waals surface area contributed by atoms with E-state index < -0.39 is 0 Å². The molecule has 1 aliphatic rings. The fourth-order valence-corrected chi connectivity index (χ4v) is 5.00. The number of hydrogen-bond donors (Lipinski definition) is 1. The highest BCUT2D eigenvalue weighted by molar-refractivity contribution is 9.10. The monoisotopic (exact) mass is 372 g/mol. The average Bonchev–Trinajstić information content (AvgIpc) is 2.99. The lowest BCUT2D eigenvalue weighted by Gasteiger charge is -2.34. The molecule has 0 spiro atoms. The van der Waals surface area contributed by atoms with Crippen molar-refractivity contribution in [3.05, 3.63) is 20.8 Å². The van der Waals surface area contributed by atoms with Crippen LogP contribution in [0.1, 0.15) is 44.4 Å². The Balaban J connectivity index is 1.86. The zero-order valence-electron chi connectivity index (χ0n) is 13.6. The Morgan fingerprint density at radius 1 is 1.38 bits per heavy atom. The van der Waals surface area contributed by atoms with Crippen LogP contribution in [0.15, 0.2) is 15.9 Å². The van der Waals surface area contributed by atoms with Crippen LogP contribution in [-0.4, -0.2) is 31.6 Å². The van der Waals surface area contributed by atoms with Gasteiger partial charge in [-0.05, 0) is 59.8 Å². The molecule has 1 saturated carbocycles. The van der Waals surface area contributed by atoms with Crippen LogP contribution < -0.4 is 5.32 Å². The van der Waals surface area contributed by atoms with Gasteiger partial charge in [-0.3, -0.25) is 0 Å². The molecule has 0 aliphatic heterocycles. The van der Waals surface area contributed by atoms with Gasteiger partial charge >= 0.3 is 0 Å². The Kier molecular flexibility index (Phi) is 6.73. The van der Waals surface area contributed by atoms with Crippen LogP contribution in [0.25, 0.3) is 0 Å². The summed E-state index contributed by atoms with van der Waals surface area (Å²) in [6.07, 6.45) is 5.58. The van der Waals surface area contributed by atoms with E-state index >= 15 is 0 Å². The molecule has 1 heterocycles. The molecule has 2 nitrogen and oxygen atoms in total. The molecule has 2 rings (SSSR count). The van der Waals surface area contributed by atoms with Crippen LogP contribution in [0.4, 0.5) is 0 Å². The number of thiophene rings is 1. The highest BCUT2D eigenvalue weighted by Crippen LogP contribution is 2.38. The highest BCUT2D eigenvalue weighted by atomic mass is 79.9. The second kappa shape index (κ2) is 8.09. The Hall–Kier alpha value is 0.1000. The maximum Gasteiger partial charge on any atom is 0.0325 e. The SMILES string of the molecule is CC(C)CNCC1(CN(C)Cc2cc(Br)cs2)CCCC1. The molecule has 0 bridgehead atoms. The number of nitrogens with zero attached hydrogens (tertiary/aromatic N) is 1. The summed E-state index contributed by atoms with van der Waals surface area (Å²) < 4.78 is 1.21. The summed E-state index contributed by atoms with van der Waals surface area (Å²) in [5.74, 6) is 0.740. The average molecular weight is 373 g/mol. The van der Waals surface area contributed by atoms with Crippen molar-refractivity contribution in [1.82, 2.24) is 10.2 Å². The first-order valence-electron chi connectivity index (χ1n) is 8.11. The lowest BCUT2D eigenvalue weighted by molar-refractivity contribution is 0.167. The Morgan fingerprint density at radius 2 is 2.10 bits per heavy atom. The Morgan fingerprint density at radius 3 is 2.67 bits per heavy atom. The van der Waals surface area contributed by atoms with Gasteiger partial charge in [0.25, 0.3) is 0 Å². The molecule has 0 amide bonds. The first kappa shape index (κ1) is 17.5. The van der Waals surface area contributed by atoms with E-state index in [0.717, 1.165) is 19.0 Å². The van der Waals surface area contributed by atoms with Gasteiger partial charge in [0.15, 0.2) is 0 Å². The van der Waals surface area contributed by atoms with E-state index in [0.29, 0.717) is 5.41 Å². The van der Waals surface area contributed by atoms with Crippen molar-refractivity contribution >= 4 is 27.3 Å². The number of nitrogens with one attached hydrogen (secondary N) is 1. The standard InChI is InChI=1S/C17H29BrN2S/c1-14(2)9-19-12-17(6-4-5-7-17)13-20(3)10-16-8-15(18)11-21-16/h8,11,14,19H,4-7,9-10,12-13H2,1-3H3. The fraction of sp³-hybridized carbons (Fsp3) is 0.765. The molecule has 0 radical (unpaired) electrons. The second-order valence-corrected chi connectivity index (χ2v) is 9.05. The quantitative estimate of drug-likeness (QED) is 0.708. The molecule has 0 saturated heterocycles. The van der Waals surface area contributed by atoms with Gasteiger partial charge < -0.3 is 10.2 Å². The summed E-state index contributed by atoms with van der Waals surface area (Å²) in [4.78, 5) is 3.97. The minimum Gasteiger partial charge on any atom is -0.316 e. The van der Waals surface area contributed by atoms with E-state index in [1.165, 1.54) is 48.1 Å². The molecule has 4 heteroatoms. The predicted molar refractivity (Wildman–Crippen MR) is 97.0 cm³/mol. The number of rotatable bonds is 8. The summed E-state index contributed by atoms with van der Waals surface area (Å²) in [7, 11) is 2.27. The van der Waals surface area contributed by atoms with Gasteiger partial charge in [0.1, 0.15) is 0 Å². The summed E-state index contributed by atoms with van der Waals surface area (Å²) in [5.41, 5.74) is 0.498. The largest absolute Gasteiger partial charge is 0.316 e. The molecule has 1 aliphatic carbocycles. The maximum absolute atomic E-state index is 3.71. The van der Waals surface area contributed by atoms with Gasteiger partial charge in [-0.1, -0.05) is 26.7 Å². The lowest BCUT2D eigenvalue weighted by atomic mass is 9.85. The van der Waals surface area contributed by atoms with Gasteiger partial charge in [-0.2, -0.15) is 0 Å². The topological polar surface area (TPSA) is 15.3 Å². The molecular weight excluding hydrogens is 344 g/mol. The molecule has 0 atom stereocenters. The molecule has 1 N–H and O–H groups in total. The number of halogens is 1. The van der Waals surface area contributed by atoms with Crippen molar-refractivity contribution in [3.8, 4) is 0 Å². The third kappa shape index (κ3) is 5.66. The van der Waals surface area contributed by atoms with Crippen molar-refractivity contribution in [2.24, 2.45) is 11.3 Å². The predicted octanol–water partition coefficient (Wildman–Crippen LogP) is 4.75. The molecule has 1 fully saturated rings. The molecular formula is C17H29BrN2S. The summed E-state index contributed by atoms with van der Waals surface area (Å²) in [5, 5.41) is 5.89. The zero-order chi connectivity index (χ0) is 15.3. The van der Waals surface area contributed by atoms with E-state index in [9.17, 15) is 0 Å². The first-order chi connectivity index (χ1) is 9.99. The van der Waals surface area contributed by atoms with Crippen LogP contribution in [0.2, 0.25) is 0 Å². The molecule has 0 aromatic carbocycles. The van der Waals surface area contributed by atoms with Gasteiger partial charge in [0.2, 0.25) is 0 Å². The normalized spacial score (nSPS) is 18.0. The van der Waals surface area contributed by atoms with Gasteiger partial charge in [-0.15, -0.1) is 11.3 Å². The van der Waals surface area contributed by atoms with Crippen molar-refractivity contribution in [1.29, 1.82) is 0 Å². The van der Waals surface area contributed by atoms with Gasteiger partial charge in [0.05, 0.1) is 0 Å². The Labute approximate surface area is 142 Å². The minimum absolute atomic E-state index is 0.498. The molecule has 1 aromatic rings. The lowest BCUT2D eigenvalue weighted by Crippen LogP contribution is -2.41. The highest BCUT2D eigenvalue weighted by Gasteiger charge is 2.34. The van der Waals surface area contributed by atoms with E-state index in [1.54, 1.807) is 0 Å². The van der Waals surface area contributed by atoms with Crippen molar-refractivity contribution < 1.29 is 0 Å². The van der Waals surface area contributed by atoms with E-state index in [4.69, 9.17) is 0 Å². The first-order valence-corrected chi connectivity index (χ1v) is 9.78. The van der Waals surface area contributed by atoms with Crippen molar-refractivity contribution in [2.75, 3.05) is 26.7 Å². The molecule has 1 aromatic heterocycles. The summed E-state index contributed by atoms with van der Waals surface area (Å²) in [6.45, 7) is 9.19.